The van der Waals surface area contributed by atoms with Crippen molar-refractivity contribution in [1.29, 1.82) is 0 Å². The fourth-order valence-electron chi connectivity index (χ4n) is 1.49. The smallest absolute Gasteiger partial charge is 0.324 e. The Morgan fingerprint density at radius 3 is 2.62 bits per heavy atom. The van der Waals surface area contributed by atoms with E-state index >= 15 is 0 Å². The molecule has 0 aliphatic heterocycles. The van der Waals surface area contributed by atoms with Crippen LogP contribution in [0.1, 0.15) is 13.3 Å². The molecule has 0 rings (SSSR count). The van der Waals surface area contributed by atoms with Crippen LogP contribution >= 0.6 is 0 Å². The third-order valence-electron chi connectivity index (χ3n) is 2.32. The maximum atomic E-state index is 11.4. The van der Waals surface area contributed by atoms with E-state index in [0.29, 0.717) is 6.54 Å². The van der Waals surface area contributed by atoms with Gasteiger partial charge in [-0.1, -0.05) is 6.92 Å². The van der Waals surface area contributed by atoms with Crippen molar-refractivity contribution < 1.29 is 14.3 Å². The maximum Gasteiger partial charge on any atom is 0.324 e. The molecule has 96 valence electrons. The highest BCUT2D eigenvalue weighted by atomic mass is 16.5. The summed E-state index contributed by atoms with van der Waals surface area (Å²) in [6.45, 7) is 5.04. The average Bonchev–Trinajstić information content (AvgIpc) is 2.28. The molecule has 0 aromatic heterocycles. The quantitative estimate of drug-likeness (QED) is 0.451. The first kappa shape index (κ1) is 15.3. The predicted molar refractivity (Wildman–Crippen MR) is 63.5 cm³/mol. The molecule has 5 nitrogen and oxygen atoms in total. The normalized spacial score (nSPS) is 12.8. The molecule has 0 fully saturated rings. The first-order valence-corrected chi connectivity index (χ1v) is 5.64. The Bertz CT molecular complexity index is 188. The summed E-state index contributed by atoms with van der Waals surface area (Å²) < 4.78 is 9.72. The number of esters is 1. The van der Waals surface area contributed by atoms with E-state index in [1.807, 2.05) is 14.0 Å². The molecule has 0 bridgehead atoms. The van der Waals surface area contributed by atoms with Gasteiger partial charge in [0.15, 0.2) is 0 Å². The zero-order chi connectivity index (χ0) is 12.4. The number of rotatable bonds is 9. The molecule has 0 amide bonds. The molecule has 0 saturated heterocycles. The van der Waals surface area contributed by atoms with E-state index in [0.717, 1.165) is 26.1 Å². The number of hydrogen-bond acceptors (Lipinski definition) is 5. The van der Waals surface area contributed by atoms with E-state index in [-0.39, 0.29) is 12.0 Å². The number of hydrogen-bond donors (Lipinski definition) is 1. The van der Waals surface area contributed by atoms with Crippen LogP contribution in [-0.4, -0.2) is 64.4 Å². The standard InChI is InChI=1S/C11H24N2O3/c1-5-12-10(11(14)16-4)9-13(2)7-6-8-15-3/h10,12H,5-9H2,1-4H3. The van der Waals surface area contributed by atoms with Crippen molar-refractivity contribution in [2.45, 2.75) is 19.4 Å². The van der Waals surface area contributed by atoms with E-state index in [1.54, 1.807) is 7.11 Å². The number of likely N-dealkylation sites (N-methyl/N-ethyl adjacent to an activating group) is 2. The van der Waals surface area contributed by atoms with Gasteiger partial charge in [0.25, 0.3) is 0 Å². The number of nitrogens with zero attached hydrogens (tertiary/aromatic N) is 1. The van der Waals surface area contributed by atoms with Crippen LogP contribution in [0.2, 0.25) is 0 Å². The van der Waals surface area contributed by atoms with E-state index in [4.69, 9.17) is 9.47 Å². The Balaban J connectivity index is 3.92. The average molecular weight is 232 g/mol. The molecule has 0 radical (unpaired) electrons. The molecular weight excluding hydrogens is 208 g/mol. The van der Waals surface area contributed by atoms with Crippen molar-refractivity contribution >= 4 is 5.97 Å². The first-order chi connectivity index (χ1) is 7.65. The number of nitrogens with one attached hydrogen (secondary N) is 1. The number of carbonyl (C=O) groups excluding carboxylic acids is 1. The topological polar surface area (TPSA) is 50.8 Å². The highest BCUT2D eigenvalue weighted by Crippen LogP contribution is 1.95. The van der Waals surface area contributed by atoms with Crippen LogP contribution in [0.4, 0.5) is 0 Å². The summed E-state index contributed by atoms with van der Waals surface area (Å²) in [5.74, 6) is -0.208. The highest BCUT2D eigenvalue weighted by molar-refractivity contribution is 5.75. The second kappa shape index (κ2) is 9.57. The van der Waals surface area contributed by atoms with Crippen LogP contribution < -0.4 is 5.32 Å². The second-order valence-electron chi connectivity index (χ2n) is 3.74. The summed E-state index contributed by atoms with van der Waals surface area (Å²) in [6, 6.07) is -0.248. The first-order valence-electron chi connectivity index (χ1n) is 5.64. The van der Waals surface area contributed by atoms with Crippen molar-refractivity contribution in [2.75, 3.05) is 47.5 Å². The van der Waals surface area contributed by atoms with Gasteiger partial charge in [-0.25, -0.2) is 0 Å². The molecule has 0 saturated carbocycles. The van der Waals surface area contributed by atoms with E-state index in [2.05, 4.69) is 10.2 Å². The second-order valence-corrected chi connectivity index (χ2v) is 3.74. The van der Waals surface area contributed by atoms with Crippen molar-refractivity contribution in [3.63, 3.8) is 0 Å². The van der Waals surface area contributed by atoms with Gasteiger partial charge in [0.2, 0.25) is 0 Å². The zero-order valence-corrected chi connectivity index (χ0v) is 10.8. The molecule has 0 aromatic rings. The Morgan fingerprint density at radius 2 is 2.12 bits per heavy atom. The molecule has 0 aliphatic carbocycles. The third kappa shape index (κ3) is 6.76. The van der Waals surface area contributed by atoms with E-state index in [9.17, 15) is 4.79 Å². The Hall–Kier alpha value is -0.650. The number of methoxy groups -OCH3 is 2. The van der Waals surface area contributed by atoms with Gasteiger partial charge in [-0.15, -0.1) is 0 Å². The van der Waals surface area contributed by atoms with Gasteiger partial charge in [-0.3, -0.25) is 4.79 Å². The predicted octanol–water partition coefficient (Wildman–Crippen LogP) is 0.106. The van der Waals surface area contributed by atoms with Gasteiger partial charge in [0.1, 0.15) is 6.04 Å². The number of ether oxygens (including phenoxy) is 2. The van der Waals surface area contributed by atoms with Gasteiger partial charge >= 0.3 is 5.97 Å². The molecule has 1 unspecified atom stereocenters. The lowest BCUT2D eigenvalue weighted by Crippen LogP contribution is -2.45. The molecular formula is C11H24N2O3. The fourth-order valence-corrected chi connectivity index (χ4v) is 1.49. The summed E-state index contributed by atoms with van der Waals surface area (Å²) in [7, 11) is 5.09. The number of carbonyl (C=O) groups is 1. The lowest BCUT2D eigenvalue weighted by atomic mass is 10.2. The summed E-state index contributed by atoms with van der Waals surface area (Å²) in [5, 5.41) is 3.11. The lowest BCUT2D eigenvalue weighted by Gasteiger charge is -2.22. The molecule has 1 N–H and O–H groups in total. The van der Waals surface area contributed by atoms with Crippen molar-refractivity contribution in [2.24, 2.45) is 0 Å². The Labute approximate surface area is 98.1 Å². The minimum Gasteiger partial charge on any atom is -0.468 e. The van der Waals surface area contributed by atoms with Gasteiger partial charge < -0.3 is 19.7 Å². The summed E-state index contributed by atoms with van der Waals surface area (Å²) >= 11 is 0. The molecule has 1 atom stereocenters. The van der Waals surface area contributed by atoms with Gasteiger partial charge in [0, 0.05) is 26.8 Å². The monoisotopic (exact) mass is 232 g/mol. The molecule has 0 aliphatic rings. The third-order valence-corrected chi connectivity index (χ3v) is 2.32. The molecule has 16 heavy (non-hydrogen) atoms. The van der Waals surface area contributed by atoms with Crippen LogP contribution in [0.3, 0.4) is 0 Å². The Morgan fingerprint density at radius 1 is 1.44 bits per heavy atom. The fraction of sp³-hybridized carbons (Fsp3) is 0.909. The van der Waals surface area contributed by atoms with Crippen molar-refractivity contribution in [3.05, 3.63) is 0 Å². The Kier molecular flexibility index (Phi) is 9.18. The van der Waals surface area contributed by atoms with Crippen LogP contribution in [0.5, 0.6) is 0 Å². The van der Waals surface area contributed by atoms with Crippen LogP contribution in [0.15, 0.2) is 0 Å². The minimum atomic E-state index is -0.248. The van der Waals surface area contributed by atoms with E-state index in [1.165, 1.54) is 7.11 Å². The summed E-state index contributed by atoms with van der Waals surface area (Å²) in [4.78, 5) is 13.5. The molecule has 0 spiro atoms. The lowest BCUT2D eigenvalue weighted by molar-refractivity contribution is -0.143. The SMILES string of the molecule is CCNC(CN(C)CCCOC)C(=O)OC. The van der Waals surface area contributed by atoms with Crippen molar-refractivity contribution in [1.82, 2.24) is 10.2 Å². The minimum absolute atomic E-state index is 0.208. The van der Waals surface area contributed by atoms with Gasteiger partial charge in [0.05, 0.1) is 7.11 Å². The molecule has 0 aromatic carbocycles. The largest absolute Gasteiger partial charge is 0.468 e. The van der Waals surface area contributed by atoms with E-state index < -0.39 is 0 Å². The van der Waals surface area contributed by atoms with Crippen molar-refractivity contribution in [3.8, 4) is 0 Å². The zero-order valence-electron chi connectivity index (χ0n) is 10.8. The highest BCUT2D eigenvalue weighted by Gasteiger charge is 2.19. The molecule has 5 heteroatoms. The van der Waals surface area contributed by atoms with Crippen LogP contribution in [0, 0.1) is 0 Å². The summed E-state index contributed by atoms with van der Waals surface area (Å²) in [5.41, 5.74) is 0. The molecule has 0 heterocycles. The van der Waals surface area contributed by atoms with Gasteiger partial charge in [-0.2, -0.15) is 0 Å². The van der Waals surface area contributed by atoms with Crippen LogP contribution in [-0.2, 0) is 14.3 Å². The van der Waals surface area contributed by atoms with Crippen LogP contribution in [0.25, 0.3) is 0 Å². The maximum absolute atomic E-state index is 11.4. The summed E-state index contributed by atoms with van der Waals surface area (Å²) in [6.07, 6.45) is 0.965. The van der Waals surface area contributed by atoms with Gasteiger partial charge in [-0.05, 0) is 20.0 Å².